The Morgan fingerprint density at radius 3 is 2.27 bits per heavy atom. The summed E-state index contributed by atoms with van der Waals surface area (Å²) in [5.74, 6) is 0.427. The maximum absolute atomic E-state index is 13.0. The number of imide groups is 2. The smallest absolute Gasteiger partial charge is 0.335 e. The van der Waals surface area contributed by atoms with Gasteiger partial charge in [-0.2, -0.15) is 0 Å². The van der Waals surface area contributed by atoms with E-state index in [4.69, 9.17) is 9.47 Å². The molecule has 37 heavy (non-hydrogen) atoms. The molecule has 7 nitrogen and oxygen atoms in total. The number of anilines is 1. The molecule has 1 N–H and O–H groups in total. The van der Waals surface area contributed by atoms with Crippen LogP contribution in [-0.4, -0.2) is 31.1 Å². The monoisotopic (exact) mass is 562 g/mol. The van der Waals surface area contributed by atoms with Crippen molar-refractivity contribution in [1.29, 1.82) is 0 Å². The first kappa shape index (κ1) is 26.2. The number of ether oxygens (including phenoxy) is 2. The van der Waals surface area contributed by atoms with Crippen molar-refractivity contribution in [2.24, 2.45) is 0 Å². The minimum atomic E-state index is -0.786. The zero-order valence-electron chi connectivity index (χ0n) is 20.8. The van der Waals surface area contributed by atoms with E-state index in [1.54, 1.807) is 48.5 Å². The summed E-state index contributed by atoms with van der Waals surface area (Å²) in [6, 6.07) is 19.1. The van der Waals surface area contributed by atoms with Gasteiger partial charge in [-0.15, -0.1) is 0 Å². The first-order valence-corrected chi connectivity index (χ1v) is 12.7. The fourth-order valence-corrected chi connectivity index (χ4v) is 4.13. The van der Waals surface area contributed by atoms with Gasteiger partial charge in [0.15, 0.2) is 0 Å². The van der Waals surface area contributed by atoms with Gasteiger partial charge in [0.1, 0.15) is 30.3 Å². The highest BCUT2D eigenvalue weighted by Crippen LogP contribution is 2.28. The molecule has 4 amide bonds. The second kappa shape index (κ2) is 11.4. The SMILES string of the molecule is Cc1ccc(C(C)C)c(OCCOc2ccc(C=C3C(=O)NC(=O)N(c4ccc(Br)cc4)C3=O)cc2)c1. The third-order valence-corrected chi connectivity index (χ3v) is 6.31. The molecule has 1 saturated heterocycles. The molecule has 0 radical (unpaired) electrons. The number of carbonyl (C=O) groups is 3. The van der Waals surface area contributed by atoms with Crippen molar-refractivity contribution in [2.75, 3.05) is 18.1 Å². The van der Waals surface area contributed by atoms with Crippen molar-refractivity contribution >= 4 is 45.5 Å². The summed E-state index contributed by atoms with van der Waals surface area (Å²) in [5.41, 5.74) is 3.14. The van der Waals surface area contributed by atoms with Gasteiger partial charge in [0.2, 0.25) is 0 Å². The average Bonchev–Trinajstić information content (AvgIpc) is 2.86. The van der Waals surface area contributed by atoms with E-state index in [9.17, 15) is 14.4 Å². The highest BCUT2D eigenvalue weighted by atomic mass is 79.9. The largest absolute Gasteiger partial charge is 0.490 e. The van der Waals surface area contributed by atoms with Crippen LogP contribution in [0.5, 0.6) is 11.5 Å². The van der Waals surface area contributed by atoms with Gasteiger partial charge in [-0.3, -0.25) is 14.9 Å². The van der Waals surface area contributed by atoms with Gasteiger partial charge >= 0.3 is 6.03 Å². The number of hydrogen-bond donors (Lipinski definition) is 1. The number of nitrogens with zero attached hydrogens (tertiary/aromatic N) is 1. The lowest BCUT2D eigenvalue weighted by Crippen LogP contribution is -2.54. The summed E-state index contributed by atoms with van der Waals surface area (Å²) in [6.07, 6.45) is 1.45. The number of carbonyl (C=O) groups excluding carboxylic acids is 3. The molecule has 190 valence electrons. The normalized spacial score (nSPS) is 14.8. The van der Waals surface area contributed by atoms with Crippen LogP contribution >= 0.6 is 15.9 Å². The molecule has 3 aromatic carbocycles. The van der Waals surface area contributed by atoms with Gasteiger partial charge < -0.3 is 9.47 Å². The average molecular weight is 563 g/mol. The zero-order valence-corrected chi connectivity index (χ0v) is 22.4. The van der Waals surface area contributed by atoms with Crippen molar-refractivity contribution in [3.63, 3.8) is 0 Å². The van der Waals surface area contributed by atoms with Crippen LogP contribution in [0.1, 0.15) is 36.5 Å². The summed E-state index contributed by atoms with van der Waals surface area (Å²) >= 11 is 3.33. The fourth-order valence-electron chi connectivity index (χ4n) is 3.86. The van der Waals surface area contributed by atoms with Gasteiger partial charge in [-0.1, -0.05) is 54.0 Å². The van der Waals surface area contributed by atoms with Crippen molar-refractivity contribution < 1.29 is 23.9 Å². The molecule has 1 aliphatic heterocycles. The predicted molar refractivity (Wildman–Crippen MR) is 146 cm³/mol. The first-order chi connectivity index (χ1) is 17.7. The molecule has 1 fully saturated rings. The standard InChI is InChI=1S/C29H27BrN2O5/c1-18(2)24-13-4-19(3)16-26(24)37-15-14-36-23-11-5-20(6-12-23)17-25-27(33)31-29(35)32(28(25)34)22-9-7-21(30)8-10-22/h4-13,16-18H,14-15H2,1-3H3,(H,31,33,35). The van der Waals surface area contributed by atoms with Crippen LogP contribution in [0.25, 0.3) is 6.08 Å². The Kier molecular flexibility index (Phi) is 8.08. The highest BCUT2D eigenvalue weighted by molar-refractivity contribution is 9.10. The molecule has 1 heterocycles. The third-order valence-electron chi connectivity index (χ3n) is 5.78. The topological polar surface area (TPSA) is 84.9 Å². The van der Waals surface area contributed by atoms with E-state index < -0.39 is 17.8 Å². The van der Waals surface area contributed by atoms with E-state index >= 15 is 0 Å². The fraction of sp³-hybridized carbons (Fsp3) is 0.207. The van der Waals surface area contributed by atoms with Crippen LogP contribution in [0.4, 0.5) is 10.5 Å². The first-order valence-electron chi connectivity index (χ1n) is 11.9. The summed E-state index contributed by atoms with van der Waals surface area (Å²) in [6.45, 7) is 7.04. The number of aryl methyl sites for hydroxylation is 1. The molecule has 0 unspecified atom stereocenters. The molecule has 0 atom stereocenters. The maximum atomic E-state index is 13.0. The van der Waals surface area contributed by atoms with Crippen LogP contribution in [0, 0.1) is 6.92 Å². The zero-order chi connectivity index (χ0) is 26.5. The minimum Gasteiger partial charge on any atom is -0.490 e. The molecule has 4 rings (SSSR count). The van der Waals surface area contributed by atoms with Gasteiger partial charge in [0, 0.05) is 4.47 Å². The lowest BCUT2D eigenvalue weighted by atomic mass is 10.0. The lowest BCUT2D eigenvalue weighted by Gasteiger charge is -2.26. The molecule has 0 saturated carbocycles. The molecule has 0 aliphatic carbocycles. The van der Waals surface area contributed by atoms with E-state index in [0.717, 1.165) is 26.2 Å². The van der Waals surface area contributed by atoms with Crippen molar-refractivity contribution in [3.05, 3.63) is 93.5 Å². The number of barbiturate groups is 1. The molecule has 0 spiro atoms. The van der Waals surface area contributed by atoms with Crippen LogP contribution in [0.2, 0.25) is 0 Å². The summed E-state index contributed by atoms with van der Waals surface area (Å²) in [7, 11) is 0. The van der Waals surface area contributed by atoms with Crippen molar-refractivity contribution in [2.45, 2.75) is 26.7 Å². The Hall–Kier alpha value is -3.91. The lowest BCUT2D eigenvalue weighted by molar-refractivity contribution is -0.122. The number of benzene rings is 3. The Labute approximate surface area is 224 Å². The molecule has 0 bridgehead atoms. The molecule has 0 aromatic heterocycles. The summed E-state index contributed by atoms with van der Waals surface area (Å²) in [5, 5.41) is 2.23. The van der Waals surface area contributed by atoms with Crippen molar-refractivity contribution in [3.8, 4) is 11.5 Å². The van der Waals surface area contributed by atoms with Gasteiger partial charge in [0.25, 0.3) is 11.8 Å². The van der Waals surface area contributed by atoms with E-state index in [1.807, 2.05) is 13.0 Å². The highest BCUT2D eigenvalue weighted by Gasteiger charge is 2.36. The van der Waals surface area contributed by atoms with Gasteiger partial charge in [-0.25, -0.2) is 9.69 Å². The van der Waals surface area contributed by atoms with Crippen molar-refractivity contribution in [1.82, 2.24) is 5.32 Å². The quantitative estimate of drug-likeness (QED) is 0.206. The second-order valence-electron chi connectivity index (χ2n) is 8.90. The second-order valence-corrected chi connectivity index (χ2v) is 9.81. The van der Waals surface area contributed by atoms with E-state index in [0.29, 0.717) is 36.1 Å². The van der Waals surface area contributed by atoms with Crippen LogP contribution in [-0.2, 0) is 9.59 Å². The van der Waals surface area contributed by atoms with E-state index in [1.165, 1.54) is 6.08 Å². The van der Waals surface area contributed by atoms with E-state index in [-0.39, 0.29) is 5.57 Å². The summed E-state index contributed by atoms with van der Waals surface area (Å²) < 4.78 is 12.6. The molecule has 1 aliphatic rings. The van der Waals surface area contributed by atoms with Crippen LogP contribution in [0.3, 0.4) is 0 Å². The summed E-state index contributed by atoms with van der Waals surface area (Å²) in [4.78, 5) is 38.7. The molecular formula is C29H27BrN2O5. The number of amides is 4. The number of nitrogens with one attached hydrogen (secondary N) is 1. The Morgan fingerprint density at radius 1 is 0.919 bits per heavy atom. The number of halogens is 1. The molecule has 3 aromatic rings. The minimum absolute atomic E-state index is 0.135. The van der Waals surface area contributed by atoms with E-state index in [2.05, 4.69) is 47.2 Å². The predicted octanol–water partition coefficient (Wildman–Crippen LogP) is 6.01. The number of rotatable bonds is 8. The Balaban J connectivity index is 1.39. The number of urea groups is 1. The third kappa shape index (κ3) is 6.27. The maximum Gasteiger partial charge on any atom is 0.335 e. The molecular weight excluding hydrogens is 536 g/mol. The Morgan fingerprint density at radius 2 is 1.59 bits per heavy atom. The molecule has 8 heteroatoms. The van der Waals surface area contributed by atoms with Gasteiger partial charge in [-0.05, 0) is 78.1 Å². The van der Waals surface area contributed by atoms with Crippen LogP contribution < -0.4 is 19.7 Å². The Bertz CT molecular complexity index is 1350. The van der Waals surface area contributed by atoms with Gasteiger partial charge in [0.05, 0.1) is 5.69 Å². The van der Waals surface area contributed by atoms with Crippen LogP contribution in [0.15, 0.2) is 76.8 Å². The number of hydrogen-bond acceptors (Lipinski definition) is 5.